The lowest BCUT2D eigenvalue weighted by Gasteiger charge is -2.14. The third-order valence-corrected chi connectivity index (χ3v) is 3.99. The topological polar surface area (TPSA) is 17.1 Å². The molecule has 20 heavy (non-hydrogen) atoms. The number of rotatable bonds is 4. The van der Waals surface area contributed by atoms with Gasteiger partial charge in [0.2, 0.25) is 0 Å². The molecule has 102 valence electrons. The molecule has 2 aromatic carbocycles. The predicted molar refractivity (Wildman–Crippen MR) is 72.4 cm³/mol. The molecule has 1 saturated carbocycles. The first kappa shape index (κ1) is 13.0. The molecule has 3 heteroatoms. The van der Waals surface area contributed by atoms with Crippen LogP contribution in [0.1, 0.15) is 24.0 Å². The summed E-state index contributed by atoms with van der Waals surface area (Å²) in [6.45, 7) is 0. The Morgan fingerprint density at radius 2 is 1.70 bits per heavy atom. The van der Waals surface area contributed by atoms with Crippen LogP contribution in [-0.4, -0.2) is 5.78 Å². The molecule has 0 bridgehead atoms. The zero-order valence-corrected chi connectivity index (χ0v) is 10.9. The number of hydrogen-bond donors (Lipinski definition) is 0. The second-order valence-electron chi connectivity index (χ2n) is 5.26. The minimum absolute atomic E-state index is 0.0341. The van der Waals surface area contributed by atoms with Crippen LogP contribution in [0.2, 0.25) is 0 Å². The third kappa shape index (κ3) is 2.13. The molecule has 2 aromatic rings. The first-order chi connectivity index (χ1) is 9.63. The number of benzene rings is 2. The summed E-state index contributed by atoms with van der Waals surface area (Å²) in [6.07, 6.45) is 1.51. The number of Topliss-reactive ketones (excluding diaryl/α,β-unsaturated/α-hetero) is 1. The molecule has 0 radical (unpaired) electrons. The Balaban J connectivity index is 1.86. The van der Waals surface area contributed by atoms with Gasteiger partial charge in [0.05, 0.1) is 5.41 Å². The molecule has 3 rings (SSSR count). The fourth-order valence-corrected chi connectivity index (χ4v) is 2.64. The van der Waals surface area contributed by atoms with Crippen molar-refractivity contribution >= 4 is 5.78 Å². The van der Waals surface area contributed by atoms with E-state index in [4.69, 9.17) is 0 Å². The summed E-state index contributed by atoms with van der Waals surface area (Å²) in [5.41, 5.74) is 0.624. The van der Waals surface area contributed by atoms with Crippen LogP contribution >= 0.6 is 0 Å². The van der Waals surface area contributed by atoms with Crippen LogP contribution < -0.4 is 0 Å². The van der Waals surface area contributed by atoms with Crippen molar-refractivity contribution in [3.05, 3.63) is 71.3 Å². The lowest BCUT2D eigenvalue weighted by molar-refractivity contribution is -0.120. The van der Waals surface area contributed by atoms with E-state index in [-0.39, 0.29) is 17.8 Å². The molecule has 1 fully saturated rings. The minimum atomic E-state index is -0.912. The van der Waals surface area contributed by atoms with E-state index < -0.39 is 17.0 Å². The summed E-state index contributed by atoms with van der Waals surface area (Å²) in [6, 6.07) is 13.5. The first-order valence-electron chi connectivity index (χ1n) is 6.65. The van der Waals surface area contributed by atoms with Gasteiger partial charge in [-0.05, 0) is 30.0 Å². The van der Waals surface area contributed by atoms with Crippen molar-refractivity contribution < 1.29 is 13.6 Å². The van der Waals surface area contributed by atoms with Crippen LogP contribution in [0, 0.1) is 11.6 Å². The van der Waals surface area contributed by atoms with Gasteiger partial charge in [0.1, 0.15) is 5.78 Å². The molecule has 0 aliphatic heterocycles. The number of carbonyl (C=O) groups excluding carboxylic acids is 1. The van der Waals surface area contributed by atoms with Gasteiger partial charge in [0.25, 0.3) is 0 Å². The lowest BCUT2D eigenvalue weighted by Crippen LogP contribution is -2.23. The summed E-state index contributed by atoms with van der Waals surface area (Å²) in [5.74, 6) is -1.85. The van der Waals surface area contributed by atoms with E-state index in [9.17, 15) is 13.6 Å². The van der Waals surface area contributed by atoms with Crippen molar-refractivity contribution in [1.29, 1.82) is 0 Å². The van der Waals surface area contributed by atoms with Crippen LogP contribution in [0.4, 0.5) is 8.78 Å². The highest BCUT2D eigenvalue weighted by molar-refractivity contribution is 5.94. The Morgan fingerprint density at radius 1 is 1.00 bits per heavy atom. The fourth-order valence-electron chi connectivity index (χ4n) is 2.64. The summed E-state index contributed by atoms with van der Waals surface area (Å²) in [5, 5.41) is 0. The number of carbonyl (C=O) groups is 1. The van der Waals surface area contributed by atoms with Crippen molar-refractivity contribution in [2.75, 3.05) is 0 Å². The number of ketones is 1. The smallest absolute Gasteiger partial charge is 0.162 e. The van der Waals surface area contributed by atoms with Crippen molar-refractivity contribution in [1.82, 2.24) is 0 Å². The van der Waals surface area contributed by atoms with E-state index >= 15 is 0 Å². The Bertz CT molecular complexity index is 645. The monoisotopic (exact) mass is 272 g/mol. The minimum Gasteiger partial charge on any atom is -0.298 e. The molecular formula is C17H14F2O. The Morgan fingerprint density at radius 3 is 2.35 bits per heavy atom. The molecule has 0 saturated heterocycles. The Kier molecular flexibility index (Phi) is 3.13. The number of halogens is 2. The van der Waals surface area contributed by atoms with Crippen LogP contribution in [-0.2, 0) is 16.6 Å². The van der Waals surface area contributed by atoms with Crippen LogP contribution in [0.15, 0.2) is 48.5 Å². The molecule has 0 amide bonds. The number of hydrogen-bond acceptors (Lipinski definition) is 1. The normalized spacial score (nSPS) is 15.9. The highest BCUT2D eigenvalue weighted by Crippen LogP contribution is 2.49. The van der Waals surface area contributed by atoms with Gasteiger partial charge in [-0.2, -0.15) is 0 Å². The van der Waals surface area contributed by atoms with E-state index in [2.05, 4.69) is 0 Å². The van der Waals surface area contributed by atoms with Crippen LogP contribution in [0.3, 0.4) is 0 Å². The van der Waals surface area contributed by atoms with Crippen molar-refractivity contribution in [3.63, 3.8) is 0 Å². The van der Waals surface area contributed by atoms with Gasteiger partial charge in [-0.25, -0.2) is 8.78 Å². The average molecular weight is 272 g/mol. The molecule has 0 atom stereocenters. The Hall–Kier alpha value is -2.03. The van der Waals surface area contributed by atoms with Gasteiger partial charge in [0, 0.05) is 6.42 Å². The van der Waals surface area contributed by atoms with E-state index in [0.717, 1.165) is 24.5 Å². The van der Waals surface area contributed by atoms with Gasteiger partial charge in [-0.1, -0.05) is 42.5 Å². The summed E-state index contributed by atoms with van der Waals surface area (Å²) in [7, 11) is 0. The molecule has 1 aliphatic carbocycles. The molecule has 0 N–H and O–H groups in total. The van der Waals surface area contributed by atoms with Gasteiger partial charge in [0.15, 0.2) is 11.6 Å². The van der Waals surface area contributed by atoms with E-state index in [1.54, 1.807) is 0 Å². The summed E-state index contributed by atoms with van der Waals surface area (Å²) < 4.78 is 26.8. The molecule has 1 aliphatic rings. The highest BCUT2D eigenvalue weighted by Gasteiger charge is 2.50. The van der Waals surface area contributed by atoms with Crippen LogP contribution in [0.25, 0.3) is 0 Å². The maximum Gasteiger partial charge on any atom is 0.162 e. The molecule has 0 aromatic heterocycles. The zero-order chi connectivity index (χ0) is 14.2. The van der Waals surface area contributed by atoms with Crippen molar-refractivity contribution in [2.45, 2.75) is 24.7 Å². The highest BCUT2D eigenvalue weighted by atomic mass is 19.2. The maximum atomic E-state index is 13.6. The average Bonchev–Trinajstić information content (AvgIpc) is 3.26. The SMILES string of the molecule is O=C(Cc1cccc(F)c1F)C1(c2ccccc2)CC1. The van der Waals surface area contributed by atoms with Gasteiger partial charge in [-0.15, -0.1) is 0 Å². The van der Waals surface area contributed by atoms with E-state index in [1.165, 1.54) is 12.1 Å². The predicted octanol–water partition coefficient (Wildman–Crippen LogP) is 3.81. The fraction of sp³-hybridized carbons (Fsp3) is 0.235. The molecule has 0 heterocycles. The molecule has 0 unspecified atom stereocenters. The molecular weight excluding hydrogens is 258 g/mol. The maximum absolute atomic E-state index is 13.6. The van der Waals surface area contributed by atoms with Gasteiger partial charge < -0.3 is 0 Å². The second kappa shape index (κ2) is 4.82. The standard InChI is InChI=1S/C17H14F2O/c18-14-8-4-5-12(16(14)19)11-15(20)17(9-10-17)13-6-2-1-3-7-13/h1-8H,9-11H2. The van der Waals surface area contributed by atoms with Crippen molar-refractivity contribution in [2.24, 2.45) is 0 Å². The quantitative estimate of drug-likeness (QED) is 0.827. The van der Waals surface area contributed by atoms with E-state index in [0.29, 0.717) is 0 Å². The van der Waals surface area contributed by atoms with Crippen LogP contribution in [0.5, 0.6) is 0 Å². The van der Waals surface area contributed by atoms with Crippen molar-refractivity contribution in [3.8, 4) is 0 Å². The second-order valence-corrected chi connectivity index (χ2v) is 5.26. The van der Waals surface area contributed by atoms with Gasteiger partial charge in [-0.3, -0.25) is 4.79 Å². The third-order valence-electron chi connectivity index (χ3n) is 3.99. The zero-order valence-electron chi connectivity index (χ0n) is 10.9. The molecule has 1 nitrogen and oxygen atoms in total. The first-order valence-corrected chi connectivity index (χ1v) is 6.65. The summed E-state index contributed by atoms with van der Waals surface area (Å²) in [4.78, 5) is 12.5. The largest absolute Gasteiger partial charge is 0.298 e. The molecule has 0 spiro atoms. The van der Waals surface area contributed by atoms with Gasteiger partial charge >= 0.3 is 0 Å². The summed E-state index contributed by atoms with van der Waals surface area (Å²) >= 11 is 0. The Labute approximate surface area is 116 Å². The lowest BCUT2D eigenvalue weighted by atomic mass is 9.88. The van der Waals surface area contributed by atoms with E-state index in [1.807, 2.05) is 30.3 Å².